The van der Waals surface area contributed by atoms with Gasteiger partial charge in [-0.25, -0.2) is 10.3 Å². The number of hydrogen-bond acceptors (Lipinski definition) is 6. The summed E-state index contributed by atoms with van der Waals surface area (Å²) in [7, 11) is 0. The van der Waals surface area contributed by atoms with E-state index in [1.807, 2.05) is 0 Å². The topological polar surface area (TPSA) is 154 Å². The molecule has 0 aromatic heterocycles. The minimum absolute atomic E-state index is 0.00224. The minimum Gasteiger partial charge on any atom is -0.331 e. The highest BCUT2D eigenvalue weighted by atomic mass is 16.6. The summed E-state index contributed by atoms with van der Waals surface area (Å²) in [6, 6.07) is 3.89. The fourth-order valence-corrected chi connectivity index (χ4v) is 3.81. The van der Waals surface area contributed by atoms with Crippen molar-refractivity contribution in [2.75, 3.05) is 18.4 Å². The van der Waals surface area contributed by atoms with E-state index >= 15 is 0 Å². The lowest BCUT2D eigenvalue weighted by atomic mass is 9.85. The first kappa shape index (κ1) is 25.1. The molecule has 11 heteroatoms. The monoisotopic (exact) mass is 449 g/mol. The number of hydroxylamine groups is 1. The lowest BCUT2D eigenvalue weighted by Gasteiger charge is -2.35. The first-order valence-electron chi connectivity index (χ1n) is 10.6. The van der Waals surface area contributed by atoms with Gasteiger partial charge >= 0.3 is 6.03 Å². The Morgan fingerprint density at radius 3 is 2.41 bits per heavy atom. The SMILES string of the molecule is CC(C)(C)[C@H](NC(=O)Nc1ccccc1[N+](=O)[O-])C(=O)N(CC(=O)NO)CC1CCCC1. The molecule has 0 heterocycles. The molecule has 1 aromatic rings. The van der Waals surface area contributed by atoms with Crippen LogP contribution in [0.4, 0.5) is 16.2 Å². The summed E-state index contributed by atoms with van der Waals surface area (Å²) in [4.78, 5) is 49.8. The molecule has 1 atom stereocenters. The first-order valence-corrected chi connectivity index (χ1v) is 10.6. The number of carbonyl (C=O) groups is 3. The zero-order valence-corrected chi connectivity index (χ0v) is 18.6. The summed E-state index contributed by atoms with van der Waals surface area (Å²) in [5.74, 6) is -0.953. The van der Waals surface area contributed by atoms with Crippen LogP contribution in [-0.4, -0.2) is 52.0 Å². The Kier molecular flexibility index (Phi) is 8.53. The van der Waals surface area contributed by atoms with E-state index in [4.69, 9.17) is 5.21 Å². The lowest BCUT2D eigenvalue weighted by Crippen LogP contribution is -2.57. The van der Waals surface area contributed by atoms with Crippen LogP contribution in [0.3, 0.4) is 0 Å². The number of rotatable bonds is 8. The molecule has 0 bridgehead atoms. The summed E-state index contributed by atoms with van der Waals surface area (Å²) in [6.45, 7) is 5.29. The number of benzene rings is 1. The highest BCUT2D eigenvalue weighted by Gasteiger charge is 2.37. The average Bonchev–Trinajstić information content (AvgIpc) is 3.23. The number of nitro groups is 1. The van der Waals surface area contributed by atoms with Gasteiger partial charge in [0, 0.05) is 12.6 Å². The fraction of sp³-hybridized carbons (Fsp3) is 0.571. The van der Waals surface area contributed by atoms with Crippen molar-refractivity contribution in [1.29, 1.82) is 0 Å². The van der Waals surface area contributed by atoms with Crippen molar-refractivity contribution in [3.8, 4) is 0 Å². The van der Waals surface area contributed by atoms with E-state index in [0.29, 0.717) is 6.54 Å². The van der Waals surface area contributed by atoms with Crippen LogP contribution in [0.2, 0.25) is 0 Å². The highest BCUT2D eigenvalue weighted by molar-refractivity contribution is 5.96. The number of hydrogen-bond donors (Lipinski definition) is 4. The maximum atomic E-state index is 13.4. The zero-order chi connectivity index (χ0) is 23.9. The van der Waals surface area contributed by atoms with Crippen LogP contribution in [0.1, 0.15) is 46.5 Å². The third kappa shape index (κ3) is 6.91. The van der Waals surface area contributed by atoms with E-state index in [1.54, 1.807) is 32.3 Å². The van der Waals surface area contributed by atoms with Crippen LogP contribution in [0, 0.1) is 21.4 Å². The van der Waals surface area contributed by atoms with Gasteiger partial charge in [0.15, 0.2) is 0 Å². The second kappa shape index (κ2) is 10.9. The molecule has 1 saturated carbocycles. The highest BCUT2D eigenvalue weighted by Crippen LogP contribution is 2.28. The number of anilines is 1. The summed E-state index contributed by atoms with van der Waals surface area (Å²) in [6.07, 6.45) is 3.99. The van der Waals surface area contributed by atoms with Crippen LogP contribution in [0.5, 0.6) is 0 Å². The van der Waals surface area contributed by atoms with Gasteiger partial charge in [0.2, 0.25) is 5.91 Å². The Hall–Kier alpha value is -3.21. The van der Waals surface area contributed by atoms with Crippen molar-refractivity contribution in [2.45, 2.75) is 52.5 Å². The molecule has 11 nitrogen and oxygen atoms in total. The summed E-state index contributed by atoms with van der Waals surface area (Å²) in [5.41, 5.74) is 0.549. The molecule has 1 aliphatic rings. The van der Waals surface area contributed by atoms with E-state index in [-0.39, 0.29) is 23.8 Å². The van der Waals surface area contributed by atoms with Crippen LogP contribution in [-0.2, 0) is 9.59 Å². The molecule has 2 rings (SSSR count). The smallest absolute Gasteiger partial charge is 0.320 e. The Morgan fingerprint density at radius 2 is 1.84 bits per heavy atom. The van der Waals surface area contributed by atoms with Gasteiger partial charge in [0.25, 0.3) is 11.6 Å². The maximum absolute atomic E-state index is 13.4. The van der Waals surface area contributed by atoms with Gasteiger partial charge in [-0.05, 0) is 30.2 Å². The molecule has 4 amide bonds. The molecule has 0 saturated heterocycles. The predicted molar refractivity (Wildman–Crippen MR) is 117 cm³/mol. The number of nitrogens with zero attached hydrogens (tertiary/aromatic N) is 2. The van der Waals surface area contributed by atoms with Crippen LogP contribution >= 0.6 is 0 Å². The minimum atomic E-state index is -1.02. The second-order valence-electron chi connectivity index (χ2n) is 9.08. The molecule has 176 valence electrons. The summed E-state index contributed by atoms with van der Waals surface area (Å²) in [5, 5.41) is 25.2. The normalized spacial score (nSPS) is 15.0. The van der Waals surface area contributed by atoms with E-state index in [0.717, 1.165) is 25.7 Å². The van der Waals surface area contributed by atoms with Crippen LogP contribution < -0.4 is 16.1 Å². The van der Waals surface area contributed by atoms with E-state index in [2.05, 4.69) is 10.6 Å². The number of para-hydroxylation sites is 2. The molecule has 0 aliphatic heterocycles. The van der Waals surface area contributed by atoms with Gasteiger partial charge < -0.3 is 15.5 Å². The molecular formula is C21H31N5O6. The number of urea groups is 1. The number of carbonyl (C=O) groups excluding carboxylic acids is 3. The Labute approximate surface area is 186 Å². The fourth-order valence-electron chi connectivity index (χ4n) is 3.81. The van der Waals surface area contributed by atoms with Gasteiger partial charge in [-0.3, -0.25) is 24.9 Å². The van der Waals surface area contributed by atoms with E-state index in [9.17, 15) is 24.5 Å². The molecule has 1 aromatic carbocycles. The molecule has 1 aliphatic carbocycles. The quantitative estimate of drug-likeness (QED) is 0.272. The third-order valence-corrected chi connectivity index (χ3v) is 5.46. The summed E-state index contributed by atoms with van der Waals surface area (Å²) >= 11 is 0. The van der Waals surface area contributed by atoms with Crippen molar-refractivity contribution in [3.63, 3.8) is 0 Å². The van der Waals surface area contributed by atoms with Gasteiger partial charge in [0.1, 0.15) is 18.3 Å². The molecule has 32 heavy (non-hydrogen) atoms. The van der Waals surface area contributed by atoms with Crippen molar-refractivity contribution in [1.82, 2.24) is 15.7 Å². The molecule has 0 unspecified atom stereocenters. The average molecular weight is 450 g/mol. The first-order chi connectivity index (χ1) is 15.0. The van der Waals surface area contributed by atoms with E-state index in [1.165, 1.54) is 23.1 Å². The van der Waals surface area contributed by atoms with E-state index < -0.39 is 34.2 Å². The van der Waals surface area contributed by atoms with Crippen molar-refractivity contribution < 1.29 is 24.5 Å². The lowest BCUT2D eigenvalue weighted by molar-refractivity contribution is -0.383. The number of amides is 4. The number of nitrogens with one attached hydrogen (secondary N) is 3. The second-order valence-corrected chi connectivity index (χ2v) is 9.08. The van der Waals surface area contributed by atoms with Crippen LogP contribution in [0.25, 0.3) is 0 Å². The predicted octanol–water partition coefficient (Wildman–Crippen LogP) is 2.66. The Bertz CT molecular complexity index is 847. The zero-order valence-electron chi connectivity index (χ0n) is 18.6. The third-order valence-electron chi connectivity index (χ3n) is 5.46. The molecule has 0 radical (unpaired) electrons. The van der Waals surface area contributed by atoms with Crippen molar-refractivity contribution in [3.05, 3.63) is 34.4 Å². The van der Waals surface area contributed by atoms with Gasteiger partial charge in [-0.2, -0.15) is 0 Å². The molecule has 0 spiro atoms. The molecular weight excluding hydrogens is 418 g/mol. The van der Waals surface area contributed by atoms with Crippen LogP contribution in [0.15, 0.2) is 24.3 Å². The Morgan fingerprint density at radius 1 is 1.22 bits per heavy atom. The van der Waals surface area contributed by atoms with Gasteiger partial charge in [-0.1, -0.05) is 45.7 Å². The Balaban J connectivity index is 2.20. The maximum Gasteiger partial charge on any atom is 0.320 e. The molecule has 1 fully saturated rings. The largest absolute Gasteiger partial charge is 0.331 e. The van der Waals surface area contributed by atoms with Gasteiger partial charge in [-0.15, -0.1) is 0 Å². The van der Waals surface area contributed by atoms with Crippen molar-refractivity contribution >= 4 is 29.2 Å². The number of nitro benzene ring substituents is 1. The summed E-state index contributed by atoms with van der Waals surface area (Å²) < 4.78 is 0. The van der Waals surface area contributed by atoms with Gasteiger partial charge in [0.05, 0.1) is 4.92 Å². The van der Waals surface area contributed by atoms with Crippen molar-refractivity contribution in [2.24, 2.45) is 11.3 Å². The molecule has 4 N–H and O–H groups in total. The standard InChI is InChI=1S/C21H31N5O6/c1-21(2,3)18(23-20(29)22-15-10-6-7-11-16(15)26(31)32)19(28)25(13-17(27)24-30)12-14-8-4-5-9-14/h6-7,10-11,14,18,30H,4-5,8-9,12-13H2,1-3H3,(H,24,27)(H2,22,23,29)/t18-/m1/s1.